The van der Waals surface area contributed by atoms with Crippen molar-refractivity contribution >= 4 is 16.0 Å². The minimum atomic E-state index is -3.79. The van der Waals surface area contributed by atoms with E-state index in [2.05, 4.69) is 18.2 Å². The maximum Gasteiger partial charge on any atom is 0.344 e. The van der Waals surface area contributed by atoms with Crippen molar-refractivity contribution in [2.24, 2.45) is 0 Å². The summed E-state index contributed by atoms with van der Waals surface area (Å²) < 4.78 is 53.3. The van der Waals surface area contributed by atoms with Gasteiger partial charge in [-0.1, -0.05) is 37.1 Å². The van der Waals surface area contributed by atoms with Crippen molar-refractivity contribution in [2.45, 2.75) is 56.4 Å². The highest BCUT2D eigenvalue weighted by Gasteiger charge is 2.45. The molecule has 0 saturated heterocycles. The van der Waals surface area contributed by atoms with E-state index in [-0.39, 0.29) is 35.9 Å². The highest BCUT2D eigenvalue weighted by Crippen LogP contribution is 2.47. The number of aryl methyl sites for hydroxylation is 1. The monoisotopic (exact) mass is 537 g/mol. The van der Waals surface area contributed by atoms with Crippen molar-refractivity contribution in [1.82, 2.24) is 4.31 Å². The molecule has 8 heteroatoms. The number of esters is 1. The van der Waals surface area contributed by atoms with E-state index in [9.17, 15) is 17.6 Å². The van der Waals surface area contributed by atoms with Gasteiger partial charge in [0.15, 0.2) is 6.61 Å². The van der Waals surface area contributed by atoms with Gasteiger partial charge in [-0.3, -0.25) is 0 Å². The van der Waals surface area contributed by atoms with Crippen LogP contribution in [0.4, 0.5) is 4.39 Å². The van der Waals surface area contributed by atoms with Crippen LogP contribution in [-0.2, 0) is 31.5 Å². The van der Waals surface area contributed by atoms with Gasteiger partial charge in [0, 0.05) is 18.5 Å². The van der Waals surface area contributed by atoms with Crippen LogP contribution < -0.4 is 4.74 Å². The maximum absolute atomic E-state index is 13.9. The number of sulfonamides is 1. The fourth-order valence-electron chi connectivity index (χ4n) is 5.81. The van der Waals surface area contributed by atoms with E-state index in [0.29, 0.717) is 17.9 Å². The fraction of sp³-hybridized carbons (Fsp3) is 0.367. The van der Waals surface area contributed by atoms with Crippen LogP contribution in [0.15, 0.2) is 65.6 Å². The van der Waals surface area contributed by atoms with Crippen molar-refractivity contribution in [3.63, 3.8) is 0 Å². The molecule has 1 heterocycles. The van der Waals surface area contributed by atoms with E-state index in [1.54, 1.807) is 42.4 Å². The van der Waals surface area contributed by atoms with Crippen LogP contribution in [0.2, 0.25) is 0 Å². The predicted octanol–water partition coefficient (Wildman–Crippen LogP) is 5.76. The van der Waals surface area contributed by atoms with Crippen LogP contribution in [0.1, 0.15) is 49.3 Å². The molecule has 200 valence electrons. The Kier molecular flexibility index (Phi) is 7.29. The highest BCUT2D eigenvalue weighted by molar-refractivity contribution is 7.89. The van der Waals surface area contributed by atoms with Gasteiger partial charge in [-0.25, -0.2) is 17.6 Å². The molecule has 0 N–H and O–H groups in total. The summed E-state index contributed by atoms with van der Waals surface area (Å²) >= 11 is 0. The van der Waals surface area contributed by atoms with Crippen molar-refractivity contribution in [1.29, 1.82) is 0 Å². The van der Waals surface area contributed by atoms with E-state index in [0.717, 1.165) is 42.4 Å². The number of benzene rings is 3. The Morgan fingerprint density at radius 3 is 2.39 bits per heavy atom. The first-order valence-electron chi connectivity index (χ1n) is 13.0. The summed E-state index contributed by atoms with van der Waals surface area (Å²) in [4.78, 5) is 11.8. The number of carbonyl (C=O) groups excluding carboxylic acids is 1. The van der Waals surface area contributed by atoms with Crippen molar-refractivity contribution in [2.75, 3.05) is 19.8 Å². The predicted molar refractivity (Wildman–Crippen MR) is 143 cm³/mol. The van der Waals surface area contributed by atoms with Crippen molar-refractivity contribution < 1.29 is 27.1 Å². The molecular weight excluding hydrogens is 505 g/mol. The molecule has 3 aromatic carbocycles. The third-order valence-electron chi connectivity index (χ3n) is 7.68. The molecule has 0 bridgehead atoms. The third-order valence-corrected chi connectivity index (χ3v) is 9.46. The second-order valence-electron chi connectivity index (χ2n) is 10.2. The minimum absolute atomic E-state index is 0.199. The number of nitrogens with zero attached hydrogens (tertiary/aromatic N) is 1. The molecule has 1 spiro atoms. The lowest BCUT2D eigenvalue weighted by Crippen LogP contribution is -2.46. The van der Waals surface area contributed by atoms with E-state index in [4.69, 9.17) is 9.47 Å². The average Bonchev–Trinajstić information content (AvgIpc) is 3.36. The van der Waals surface area contributed by atoms with Crippen LogP contribution >= 0.6 is 0 Å². The summed E-state index contributed by atoms with van der Waals surface area (Å²) in [6.45, 7) is 4.24. The van der Waals surface area contributed by atoms with Gasteiger partial charge in [0.1, 0.15) is 11.6 Å². The molecule has 0 unspecified atom stereocenters. The number of ether oxygens (including phenoxy) is 2. The van der Waals surface area contributed by atoms with Gasteiger partial charge < -0.3 is 9.47 Å². The summed E-state index contributed by atoms with van der Waals surface area (Å²) in [5, 5.41) is 0. The van der Waals surface area contributed by atoms with Gasteiger partial charge in [0.25, 0.3) is 0 Å². The fourth-order valence-corrected chi connectivity index (χ4v) is 7.40. The summed E-state index contributed by atoms with van der Waals surface area (Å²) in [7, 11) is -3.79. The molecular formula is C30H32FNO5S. The summed E-state index contributed by atoms with van der Waals surface area (Å²) in [5.41, 5.74) is 4.47. The Labute approximate surface area is 223 Å². The smallest absolute Gasteiger partial charge is 0.344 e. The average molecular weight is 538 g/mol. The first-order valence-corrected chi connectivity index (χ1v) is 14.4. The van der Waals surface area contributed by atoms with Crippen molar-refractivity contribution in [3.05, 3.63) is 83.2 Å². The summed E-state index contributed by atoms with van der Waals surface area (Å²) in [5.74, 6) is -0.323. The zero-order chi connectivity index (χ0) is 26.9. The van der Waals surface area contributed by atoms with Gasteiger partial charge in [0.05, 0.1) is 11.5 Å². The molecule has 1 fully saturated rings. The lowest BCUT2D eigenvalue weighted by molar-refractivity contribution is -0.145. The number of fused-ring (bicyclic) bond motifs is 2. The molecule has 1 aliphatic carbocycles. The molecule has 6 nitrogen and oxygen atoms in total. The Bertz CT molecular complexity index is 1450. The normalized spacial score (nSPS) is 16.8. The second kappa shape index (κ2) is 10.5. The van der Waals surface area contributed by atoms with E-state index in [1.807, 2.05) is 0 Å². The Morgan fingerprint density at radius 1 is 1.00 bits per heavy atom. The molecule has 1 aliphatic heterocycles. The first kappa shape index (κ1) is 26.4. The molecule has 1 saturated carbocycles. The van der Waals surface area contributed by atoms with Crippen LogP contribution in [0.3, 0.4) is 0 Å². The van der Waals surface area contributed by atoms with Gasteiger partial charge in [-0.05, 0) is 90.9 Å². The summed E-state index contributed by atoms with van der Waals surface area (Å²) in [6, 6.07) is 17.4. The highest BCUT2D eigenvalue weighted by atomic mass is 32.2. The molecule has 0 radical (unpaired) electrons. The van der Waals surface area contributed by atoms with Crippen LogP contribution in [0, 0.1) is 12.7 Å². The number of rotatable bonds is 7. The molecule has 0 amide bonds. The van der Waals surface area contributed by atoms with Gasteiger partial charge in [-0.2, -0.15) is 4.31 Å². The number of halogens is 1. The topological polar surface area (TPSA) is 72.9 Å². The minimum Gasteiger partial charge on any atom is -0.482 e. The van der Waals surface area contributed by atoms with E-state index < -0.39 is 16.0 Å². The number of hydrogen-bond donors (Lipinski definition) is 0. The third kappa shape index (κ3) is 5.07. The quantitative estimate of drug-likeness (QED) is 0.359. The standard InChI is InChI=1S/C30H32FNO5S/c1-3-36-29(33)19-37-28-13-11-26(16-21(28)2)38(34,35)32-18-24-17-23(22-6-9-25(31)10-7-22)8-12-27(24)30(20-32)14-4-5-15-30/h6-13,16-17H,3-5,14-15,18-20H2,1-2H3. The molecule has 5 rings (SSSR count). The Balaban J connectivity index is 1.45. The lowest BCUT2D eigenvalue weighted by atomic mass is 9.74. The molecule has 2 aliphatic rings. The second-order valence-corrected chi connectivity index (χ2v) is 12.1. The number of carbonyl (C=O) groups is 1. The molecule has 38 heavy (non-hydrogen) atoms. The molecule has 0 aromatic heterocycles. The van der Waals surface area contributed by atoms with Crippen LogP contribution in [-0.4, -0.2) is 38.5 Å². The molecule has 3 aromatic rings. The zero-order valence-corrected chi connectivity index (χ0v) is 22.5. The largest absolute Gasteiger partial charge is 0.482 e. The van der Waals surface area contributed by atoms with E-state index >= 15 is 0 Å². The zero-order valence-electron chi connectivity index (χ0n) is 21.7. The Morgan fingerprint density at radius 2 is 1.71 bits per heavy atom. The maximum atomic E-state index is 13.9. The van der Waals surface area contributed by atoms with Crippen molar-refractivity contribution in [3.8, 4) is 16.9 Å². The van der Waals surface area contributed by atoms with Crippen LogP contribution in [0.25, 0.3) is 11.1 Å². The van der Waals surface area contributed by atoms with Gasteiger partial charge in [0.2, 0.25) is 10.0 Å². The first-order chi connectivity index (χ1) is 18.2. The molecule has 0 atom stereocenters. The van der Waals surface area contributed by atoms with E-state index in [1.165, 1.54) is 23.8 Å². The number of hydrogen-bond acceptors (Lipinski definition) is 5. The SMILES string of the molecule is CCOC(=O)COc1ccc(S(=O)(=O)N2Cc3cc(-c4ccc(F)cc4)ccc3C3(CCCC3)C2)cc1C. The van der Waals surface area contributed by atoms with Gasteiger partial charge >= 0.3 is 5.97 Å². The lowest BCUT2D eigenvalue weighted by Gasteiger charge is -2.41. The van der Waals surface area contributed by atoms with Crippen LogP contribution in [0.5, 0.6) is 5.75 Å². The Hall–Kier alpha value is -3.23. The van der Waals surface area contributed by atoms with Gasteiger partial charge in [-0.15, -0.1) is 0 Å². The summed E-state index contributed by atoms with van der Waals surface area (Å²) in [6.07, 6.45) is 4.03.